The van der Waals surface area contributed by atoms with Crippen LogP contribution in [0.5, 0.6) is 11.5 Å². The first-order valence-corrected chi connectivity index (χ1v) is 10.2. The van der Waals surface area contributed by atoms with Crippen LogP contribution in [0.1, 0.15) is 0 Å². The van der Waals surface area contributed by atoms with Crippen LogP contribution in [0.4, 0.5) is 0 Å². The van der Waals surface area contributed by atoms with Crippen molar-refractivity contribution >= 4 is 11.6 Å². The number of morpholine rings is 1. The molecule has 1 saturated heterocycles. The van der Waals surface area contributed by atoms with Crippen LogP contribution < -0.4 is 15.3 Å². The second-order valence-corrected chi connectivity index (χ2v) is 7.57. The molecule has 0 spiro atoms. The first-order valence-electron chi connectivity index (χ1n) is 9.83. The number of phenolic OH excluding ortho intramolecular Hbond substituents is 1. The highest BCUT2D eigenvalue weighted by molar-refractivity contribution is 6.30. The summed E-state index contributed by atoms with van der Waals surface area (Å²) in [7, 11) is 0. The Morgan fingerprint density at radius 1 is 1.10 bits per heavy atom. The summed E-state index contributed by atoms with van der Waals surface area (Å²) in [5.41, 5.74) is 2.18. The lowest BCUT2D eigenvalue weighted by Crippen LogP contribution is -3.14. The Labute approximate surface area is 178 Å². The van der Waals surface area contributed by atoms with Crippen molar-refractivity contribution in [1.82, 2.24) is 9.97 Å². The van der Waals surface area contributed by atoms with Gasteiger partial charge in [-0.1, -0.05) is 23.7 Å². The van der Waals surface area contributed by atoms with Crippen molar-refractivity contribution in [2.24, 2.45) is 0 Å². The fourth-order valence-electron chi connectivity index (χ4n) is 3.39. The largest absolute Gasteiger partial charge is 0.504 e. The van der Waals surface area contributed by atoms with Crippen molar-refractivity contribution in [2.75, 3.05) is 39.5 Å². The SMILES string of the molecule is O=c1nc(-c2ccc(O)c(OCC[NH+]3CCOCC3)c2)cc(-c2ccc(Cl)cc2)[nH]1. The zero-order chi connectivity index (χ0) is 20.9. The number of aromatic amines is 1. The Kier molecular flexibility index (Phi) is 6.32. The quantitative estimate of drug-likeness (QED) is 0.556. The Hall–Kier alpha value is -2.87. The number of H-pyrrole nitrogens is 1. The van der Waals surface area contributed by atoms with Crippen molar-refractivity contribution in [3.8, 4) is 34.0 Å². The van der Waals surface area contributed by atoms with Crippen molar-refractivity contribution in [3.05, 3.63) is 64.0 Å². The molecule has 8 heteroatoms. The highest BCUT2D eigenvalue weighted by Gasteiger charge is 2.14. The Balaban J connectivity index is 1.54. The lowest BCUT2D eigenvalue weighted by molar-refractivity contribution is -0.908. The van der Waals surface area contributed by atoms with Crippen LogP contribution in [0, 0.1) is 0 Å². The number of hydrogen-bond donors (Lipinski definition) is 3. The summed E-state index contributed by atoms with van der Waals surface area (Å²) >= 11 is 5.95. The van der Waals surface area contributed by atoms with E-state index in [-0.39, 0.29) is 5.75 Å². The zero-order valence-electron chi connectivity index (χ0n) is 16.4. The second-order valence-electron chi connectivity index (χ2n) is 7.14. The van der Waals surface area contributed by atoms with Crippen molar-refractivity contribution < 1.29 is 19.5 Å². The van der Waals surface area contributed by atoms with E-state index in [4.69, 9.17) is 21.1 Å². The molecule has 2 aromatic carbocycles. The average Bonchev–Trinajstić information content (AvgIpc) is 2.76. The number of nitrogens with one attached hydrogen (secondary N) is 2. The van der Waals surface area contributed by atoms with E-state index in [9.17, 15) is 9.90 Å². The second kappa shape index (κ2) is 9.30. The Morgan fingerprint density at radius 3 is 2.60 bits per heavy atom. The highest BCUT2D eigenvalue weighted by Crippen LogP contribution is 2.31. The van der Waals surface area contributed by atoms with Crippen LogP contribution in [0.3, 0.4) is 0 Å². The number of hydrogen-bond acceptors (Lipinski definition) is 5. The van der Waals surface area contributed by atoms with E-state index in [1.165, 1.54) is 4.90 Å². The maximum atomic E-state index is 12.1. The fourth-order valence-corrected chi connectivity index (χ4v) is 3.52. The third-order valence-electron chi connectivity index (χ3n) is 5.07. The Bertz CT molecular complexity index is 1060. The molecule has 156 valence electrons. The predicted molar refractivity (Wildman–Crippen MR) is 114 cm³/mol. The smallest absolute Gasteiger partial charge is 0.345 e. The van der Waals surface area contributed by atoms with Crippen molar-refractivity contribution in [1.29, 1.82) is 0 Å². The number of aromatic hydroxyl groups is 1. The molecule has 3 aromatic rings. The molecule has 2 heterocycles. The predicted octanol–water partition coefficient (Wildman–Crippen LogP) is 1.76. The molecular weight excluding hydrogens is 406 g/mol. The van der Waals surface area contributed by atoms with E-state index in [2.05, 4.69) is 9.97 Å². The van der Waals surface area contributed by atoms with Crippen LogP contribution in [0.15, 0.2) is 53.3 Å². The van der Waals surface area contributed by atoms with E-state index in [0.717, 1.165) is 38.4 Å². The Morgan fingerprint density at radius 2 is 1.83 bits per heavy atom. The minimum absolute atomic E-state index is 0.0542. The van der Waals surface area contributed by atoms with E-state index in [0.29, 0.717) is 34.3 Å². The highest BCUT2D eigenvalue weighted by atomic mass is 35.5. The molecule has 1 aromatic heterocycles. The van der Waals surface area contributed by atoms with Gasteiger partial charge >= 0.3 is 5.69 Å². The summed E-state index contributed by atoms with van der Waals surface area (Å²) < 4.78 is 11.2. The number of rotatable bonds is 6. The summed E-state index contributed by atoms with van der Waals surface area (Å²) in [4.78, 5) is 20.4. The number of phenols is 1. The summed E-state index contributed by atoms with van der Waals surface area (Å²) in [5.74, 6) is 0.425. The maximum absolute atomic E-state index is 12.1. The van der Waals surface area contributed by atoms with Crippen LogP contribution in [-0.2, 0) is 4.74 Å². The third-order valence-corrected chi connectivity index (χ3v) is 5.32. The molecule has 0 atom stereocenters. The molecule has 1 aliphatic heterocycles. The maximum Gasteiger partial charge on any atom is 0.345 e. The van der Waals surface area contributed by atoms with Gasteiger partial charge < -0.3 is 24.5 Å². The van der Waals surface area contributed by atoms with Gasteiger partial charge in [0, 0.05) is 10.6 Å². The van der Waals surface area contributed by atoms with E-state index < -0.39 is 5.69 Å². The lowest BCUT2D eigenvalue weighted by Gasteiger charge is -2.23. The molecule has 1 fully saturated rings. The number of ether oxygens (including phenoxy) is 2. The van der Waals surface area contributed by atoms with E-state index >= 15 is 0 Å². The minimum Gasteiger partial charge on any atom is -0.504 e. The summed E-state index contributed by atoms with van der Waals surface area (Å²) in [6.07, 6.45) is 0. The molecule has 0 amide bonds. The third kappa shape index (κ3) is 4.99. The molecule has 0 saturated carbocycles. The summed E-state index contributed by atoms with van der Waals surface area (Å²) in [6, 6.07) is 13.9. The average molecular weight is 429 g/mol. The molecule has 3 N–H and O–H groups in total. The molecular formula is C22H23ClN3O4+. The van der Waals surface area contributed by atoms with Gasteiger partial charge in [-0.05, 0) is 42.0 Å². The fraction of sp³-hybridized carbons (Fsp3) is 0.273. The number of nitrogens with zero attached hydrogens (tertiary/aromatic N) is 1. The number of halogens is 1. The van der Waals surface area contributed by atoms with E-state index in [1.807, 2.05) is 12.1 Å². The van der Waals surface area contributed by atoms with Crippen molar-refractivity contribution in [2.45, 2.75) is 0 Å². The molecule has 0 aliphatic carbocycles. The standard InChI is InChI=1S/C22H22ClN3O4/c23-17-4-1-15(2-5-17)18-14-19(25-22(28)24-18)16-3-6-20(27)21(13-16)30-12-9-26-7-10-29-11-8-26/h1-6,13-14,27H,7-12H2,(H,24,25,28)/p+1. The topological polar surface area (TPSA) is 88.9 Å². The van der Waals surface area contributed by atoms with Gasteiger partial charge in [0.2, 0.25) is 0 Å². The van der Waals surface area contributed by atoms with Gasteiger partial charge in [-0.2, -0.15) is 4.98 Å². The summed E-state index contributed by atoms with van der Waals surface area (Å²) in [5, 5.41) is 10.8. The van der Waals surface area contributed by atoms with Gasteiger partial charge in [0.15, 0.2) is 11.5 Å². The van der Waals surface area contributed by atoms with Crippen molar-refractivity contribution in [3.63, 3.8) is 0 Å². The number of aromatic nitrogens is 2. The monoisotopic (exact) mass is 428 g/mol. The first-order chi connectivity index (χ1) is 14.6. The molecule has 4 rings (SSSR count). The lowest BCUT2D eigenvalue weighted by atomic mass is 10.1. The van der Waals surface area contributed by atoms with Crippen LogP contribution in [0.25, 0.3) is 22.5 Å². The molecule has 7 nitrogen and oxygen atoms in total. The minimum atomic E-state index is -0.455. The van der Waals surface area contributed by atoms with Gasteiger partial charge in [0.05, 0.1) is 24.6 Å². The molecule has 0 radical (unpaired) electrons. The van der Waals surface area contributed by atoms with Gasteiger partial charge in [0.1, 0.15) is 26.2 Å². The van der Waals surface area contributed by atoms with Gasteiger partial charge in [-0.15, -0.1) is 0 Å². The summed E-state index contributed by atoms with van der Waals surface area (Å²) in [6.45, 7) is 4.75. The molecule has 1 aliphatic rings. The van der Waals surface area contributed by atoms with Crippen LogP contribution in [-0.4, -0.2) is 54.5 Å². The molecule has 0 unspecified atom stereocenters. The zero-order valence-corrected chi connectivity index (χ0v) is 17.1. The normalized spacial score (nSPS) is 14.6. The van der Waals surface area contributed by atoms with Crippen LogP contribution in [0.2, 0.25) is 5.02 Å². The first kappa shape index (κ1) is 20.4. The van der Waals surface area contributed by atoms with Crippen LogP contribution >= 0.6 is 11.6 Å². The number of quaternary nitrogens is 1. The van der Waals surface area contributed by atoms with Gasteiger partial charge in [-0.25, -0.2) is 4.79 Å². The number of benzene rings is 2. The van der Waals surface area contributed by atoms with E-state index in [1.54, 1.807) is 36.4 Å². The molecule has 0 bridgehead atoms. The van der Waals surface area contributed by atoms with Gasteiger partial charge in [-0.3, -0.25) is 0 Å². The van der Waals surface area contributed by atoms with Gasteiger partial charge in [0.25, 0.3) is 0 Å². The molecule has 30 heavy (non-hydrogen) atoms.